The molecule has 0 aliphatic heterocycles. The lowest BCUT2D eigenvalue weighted by Gasteiger charge is -2.21. The van der Waals surface area contributed by atoms with Gasteiger partial charge < -0.3 is 33.8 Å². The summed E-state index contributed by atoms with van der Waals surface area (Å²) in [7, 11) is -9.89. The number of ether oxygens (including phenoxy) is 4. The van der Waals surface area contributed by atoms with Crippen LogP contribution in [0.3, 0.4) is 0 Å². The van der Waals surface area contributed by atoms with Crippen molar-refractivity contribution in [3.8, 4) is 0 Å². The number of unbranched alkanes of at least 4 members (excludes halogenated alkanes) is 44. The zero-order chi connectivity index (χ0) is 67.0. The Morgan fingerprint density at radius 2 is 0.505 bits per heavy atom. The van der Waals surface area contributed by atoms with Crippen LogP contribution in [0.5, 0.6) is 0 Å². The molecule has 91 heavy (non-hydrogen) atoms. The van der Waals surface area contributed by atoms with Crippen LogP contribution < -0.4 is 0 Å². The van der Waals surface area contributed by atoms with Crippen molar-refractivity contribution < 1.29 is 80.2 Å². The molecule has 2 unspecified atom stereocenters. The fourth-order valence-electron chi connectivity index (χ4n) is 11.0. The quantitative estimate of drug-likeness (QED) is 0.0222. The molecule has 17 nitrogen and oxygen atoms in total. The third-order valence-corrected chi connectivity index (χ3v) is 18.7. The summed E-state index contributed by atoms with van der Waals surface area (Å²) in [6, 6.07) is 0. The SMILES string of the molecule is CCCCCCCCCCCCCCCCCCCCCCC(=O)O[C@H](COC(=O)CCCCCCCCCCCCCCC(C)C)COP(=O)(O)OC[C@@H](O)COP(=O)(O)OC[C@@H](COC(=O)CCCCCCCCCC)OC(=O)CCCCCCCCCC. The first-order valence-corrected chi connectivity index (χ1v) is 40.6. The molecule has 0 fully saturated rings. The number of carbonyl (C=O) groups excluding carboxylic acids is 4. The van der Waals surface area contributed by atoms with Gasteiger partial charge in [0.2, 0.25) is 0 Å². The third kappa shape index (κ3) is 66.5. The molecule has 0 saturated heterocycles. The van der Waals surface area contributed by atoms with Gasteiger partial charge in [-0.25, -0.2) is 9.13 Å². The molecule has 0 spiro atoms. The number of hydrogen-bond acceptors (Lipinski definition) is 15. The highest BCUT2D eigenvalue weighted by Crippen LogP contribution is 2.45. The van der Waals surface area contributed by atoms with Crippen LogP contribution >= 0.6 is 15.6 Å². The number of aliphatic hydroxyl groups excluding tert-OH is 1. The summed E-state index contributed by atoms with van der Waals surface area (Å²) in [6.07, 6.45) is 53.0. The molecule has 0 heterocycles. The van der Waals surface area contributed by atoms with Crippen LogP contribution in [-0.4, -0.2) is 96.7 Å². The van der Waals surface area contributed by atoms with E-state index in [-0.39, 0.29) is 25.7 Å². The minimum Gasteiger partial charge on any atom is -0.462 e. The van der Waals surface area contributed by atoms with Crippen molar-refractivity contribution in [2.45, 2.75) is 393 Å². The van der Waals surface area contributed by atoms with E-state index in [9.17, 15) is 43.2 Å². The number of rotatable bonds is 72. The zero-order valence-electron chi connectivity index (χ0n) is 59.0. The largest absolute Gasteiger partial charge is 0.472 e. The molecule has 0 saturated carbocycles. The predicted octanol–water partition coefficient (Wildman–Crippen LogP) is 20.9. The molecule has 540 valence electrons. The average Bonchev–Trinajstić information content (AvgIpc) is 3.72. The lowest BCUT2D eigenvalue weighted by molar-refractivity contribution is -0.161. The summed E-state index contributed by atoms with van der Waals surface area (Å²) in [6.45, 7) is 7.22. The van der Waals surface area contributed by atoms with Crippen molar-refractivity contribution in [1.29, 1.82) is 0 Å². The fourth-order valence-corrected chi connectivity index (χ4v) is 12.6. The van der Waals surface area contributed by atoms with Crippen molar-refractivity contribution in [3.63, 3.8) is 0 Å². The van der Waals surface area contributed by atoms with Crippen molar-refractivity contribution in [2.24, 2.45) is 5.92 Å². The maximum Gasteiger partial charge on any atom is 0.472 e. The topological polar surface area (TPSA) is 237 Å². The summed E-state index contributed by atoms with van der Waals surface area (Å²) in [5.74, 6) is -1.34. The minimum absolute atomic E-state index is 0.105. The van der Waals surface area contributed by atoms with Gasteiger partial charge in [0.25, 0.3) is 0 Å². The number of hydrogen-bond donors (Lipinski definition) is 3. The van der Waals surface area contributed by atoms with E-state index in [0.29, 0.717) is 25.7 Å². The van der Waals surface area contributed by atoms with E-state index in [4.69, 9.17) is 37.0 Å². The molecule has 0 rings (SSSR count). The van der Waals surface area contributed by atoms with Gasteiger partial charge >= 0.3 is 39.5 Å². The van der Waals surface area contributed by atoms with Crippen LogP contribution in [0.1, 0.15) is 375 Å². The first kappa shape index (κ1) is 89.1. The molecule has 3 N–H and O–H groups in total. The molecule has 0 aromatic carbocycles. The summed E-state index contributed by atoms with van der Waals surface area (Å²) < 4.78 is 68.2. The Labute approximate surface area is 556 Å². The fraction of sp³-hybridized carbons (Fsp3) is 0.944. The Hall–Kier alpha value is -1.94. The maximum absolute atomic E-state index is 13.1. The van der Waals surface area contributed by atoms with Gasteiger partial charge in [0.15, 0.2) is 12.2 Å². The molecule has 0 aliphatic carbocycles. The monoisotopic (exact) mass is 1340 g/mol. The van der Waals surface area contributed by atoms with Crippen LogP contribution in [-0.2, 0) is 65.4 Å². The van der Waals surface area contributed by atoms with Gasteiger partial charge in [-0.2, -0.15) is 0 Å². The third-order valence-electron chi connectivity index (χ3n) is 16.8. The second kappa shape index (κ2) is 65.4. The number of phosphoric acid groups is 2. The highest BCUT2D eigenvalue weighted by Gasteiger charge is 2.30. The molecule has 0 amide bonds. The Bertz CT molecular complexity index is 1750. The summed E-state index contributed by atoms with van der Waals surface area (Å²) >= 11 is 0. The van der Waals surface area contributed by atoms with Gasteiger partial charge in [-0.15, -0.1) is 0 Å². The molecule has 0 radical (unpaired) electrons. The number of esters is 4. The highest BCUT2D eigenvalue weighted by molar-refractivity contribution is 7.47. The van der Waals surface area contributed by atoms with Gasteiger partial charge in [0, 0.05) is 25.7 Å². The van der Waals surface area contributed by atoms with E-state index < -0.39 is 97.5 Å². The van der Waals surface area contributed by atoms with Crippen LogP contribution in [0.25, 0.3) is 0 Å². The standard InChI is InChI=1S/C72H140O17P2/c1-6-9-12-15-18-21-22-23-24-25-26-27-28-29-30-35-38-43-48-53-58-72(77)89-68(62-83-70(75)56-51-46-42-37-34-32-31-33-36-39-44-49-54-65(4)5)64-87-91(80,81)85-60-66(73)59-84-90(78,79)86-63-67(88-71(76)57-52-47-41-20-17-14-11-8-3)61-82-69(74)55-50-45-40-19-16-13-10-7-2/h65-68,73H,6-64H2,1-5H3,(H,78,79)(H,80,81)/t66-,67+,68+/m0/s1. The van der Waals surface area contributed by atoms with E-state index in [2.05, 4.69) is 34.6 Å². The first-order valence-electron chi connectivity index (χ1n) is 37.6. The van der Waals surface area contributed by atoms with Gasteiger partial charge in [0.05, 0.1) is 26.4 Å². The second-order valence-electron chi connectivity index (χ2n) is 26.5. The van der Waals surface area contributed by atoms with E-state index in [1.54, 1.807) is 0 Å². The molecule has 0 bridgehead atoms. The normalized spacial score (nSPS) is 14.0. The Balaban J connectivity index is 5.15. The molecule has 5 atom stereocenters. The Morgan fingerprint density at radius 1 is 0.297 bits per heavy atom. The number of carbonyl (C=O) groups is 4. The summed E-state index contributed by atoms with van der Waals surface area (Å²) in [5, 5.41) is 10.6. The predicted molar refractivity (Wildman–Crippen MR) is 368 cm³/mol. The highest BCUT2D eigenvalue weighted by atomic mass is 31.2. The summed E-state index contributed by atoms with van der Waals surface area (Å²) in [4.78, 5) is 72.4. The average molecular weight is 1340 g/mol. The minimum atomic E-state index is -4.95. The van der Waals surface area contributed by atoms with Crippen molar-refractivity contribution in [1.82, 2.24) is 0 Å². The molecule has 0 aliphatic rings. The zero-order valence-corrected chi connectivity index (χ0v) is 60.8. The lowest BCUT2D eigenvalue weighted by atomic mass is 10.0. The molecular formula is C72H140O17P2. The smallest absolute Gasteiger partial charge is 0.462 e. The van der Waals surface area contributed by atoms with Crippen molar-refractivity contribution in [3.05, 3.63) is 0 Å². The number of phosphoric ester groups is 2. The van der Waals surface area contributed by atoms with E-state index >= 15 is 0 Å². The van der Waals surface area contributed by atoms with E-state index in [1.807, 2.05) is 0 Å². The van der Waals surface area contributed by atoms with Crippen molar-refractivity contribution >= 4 is 39.5 Å². The second-order valence-corrected chi connectivity index (χ2v) is 29.4. The molecule has 0 aromatic rings. The first-order chi connectivity index (χ1) is 44.0. The Kier molecular flexibility index (Phi) is 64.0. The van der Waals surface area contributed by atoms with Crippen LogP contribution in [0.15, 0.2) is 0 Å². The van der Waals surface area contributed by atoms with E-state index in [0.717, 1.165) is 109 Å². The van der Waals surface area contributed by atoms with Gasteiger partial charge in [-0.1, -0.05) is 324 Å². The molecular weight excluding hydrogens is 1200 g/mol. The lowest BCUT2D eigenvalue weighted by Crippen LogP contribution is -2.30. The molecule has 19 heteroatoms. The Morgan fingerprint density at radius 3 is 0.747 bits per heavy atom. The van der Waals surface area contributed by atoms with E-state index in [1.165, 1.54) is 186 Å². The van der Waals surface area contributed by atoms with Gasteiger partial charge in [0.1, 0.15) is 19.3 Å². The number of aliphatic hydroxyl groups is 1. The molecule has 0 aromatic heterocycles. The van der Waals surface area contributed by atoms with Crippen LogP contribution in [0.2, 0.25) is 0 Å². The van der Waals surface area contributed by atoms with Gasteiger partial charge in [-0.05, 0) is 31.6 Å². The van der Waals surface area contributed by atoms with Crippen LogP contribution in [0, 0.1) is 5.92 Å². The van der Waals surface area contributed by atoms with Crippen molar-refractivity contribution in [2.75, 3.05) is 39.6 Å². The van der Waals surface area contributed by atoms with Crippen LogP contribution in [0.4, 0.5) is 0 Å². The summed E-state index contributed by atoms with van der Waals surface area (Å²) in [5.41, 5.74) is 0. The van der Waals surface area contributed by atoms with Gasteiger partial charge in [-0.3, -0.25) is 37.3 Å². The maximum atomic E-state index is 13.1.